The molecule has 0 amide bonds. The number of hydrogen-bond donors (Lipinski definition) is 1. The van der Waals surface area contributed by atoms with Gasteiger partial charge in [-0.15, -0.1) is 11.8 Å². The number of anilines is 1. The molecule has 1 aromatic heterocycles. The van der Waals surface area contributed by atoms with Crippen molar-refractivity contribution in [2.45, 2.75) is 10.6 Å². The van der Waals surface area contributed by atoms with Crippen LogP contribution in [0.15, 0.2) is 35.5 Å². The van der Waals surface area contributed by atoms with Crippen molar-refractivity contribution in [2.24, 2.45) is 7.05 Å². The number of benzene rings is 1. The van der Waals surface area contributed by atoms with Gasteiger partial charge in [0.1, 0.15) is 5.82 Å². The number of rotatable bonds is 3. The number of nitrogen functional groups attached to an aromatic ring is 1. The summed E-state index contributed by atoms with van der Waals surface area (Å²) in [7, 11) is 1.98. The maximum atomic E-state index is 6.08. The van der Waals surface area contributed by atoms with E-state index in [1.807, 2.05) is 29.9 Å². The predicted molar refractivity (Wildman–Crippen MR) is 68.6 cm³/mol. The monoisotopic (exact) mass is 253 g/mol. The molecular weight excluding hydrogens is 242 g/mol. The van der Waals surface area contributed by atoms with Gasteiger partial charge in [0.2, 0.25) is 0 Å². The largest absolute Gasteiger partial charge is 0.399 e. The number of nitrogens with two attached hydrogens (primary N) is 1. The summed E-state index contributed by atoms with van der Waals surface area (Å²) in [4.78, 5) is 5.28. The van der Waals surface area contributed by atoms with Gasteiger partial charge in [-0.25, -0.2) is 4.98 Å². The van der Waals surface area contributed by atoms with Gasteiger partial charge in [0.05, 0.1) is 10.8 Å². The zero-order valence-corrected chi connectivity index (χ0v) is 10.4. The van der Waals surface area contributed by atoms with E-state index in [-0.39, 0.29) is 0 Å². The van der Waals surface area contributed by atoms with Crippen LogP contribution in [0.3, 0.4) is 0 Å². The molecule has 0 atom stereocenters. The van der Waals surface area contributed by atoms with Crippen molar-refractivity contribution in [3.8, 4) is 0 Å². The minimum absolute atomic E-state index is 0.686. The van der Waals surface area contributed by atoms with Crippen molar-refractivity contribution in [1.29, 1.82) is 0 Å². The molecule has 0 bridgehead atoms. The lowest BCUT2D eigenvalue weighted by atomic mass is 10.3. The number of halogens is 1. The third-order valence-corrected chi connectivity index (χ3v) is 3.73. The molecule has 1 heterocycles. The lowest BCUT2D eigenvalue weighted by molar-refractivity contribution is 0.849. The van der Waals surface area contributed by atoms with Gasteiger partial charge in [0.25, 0.3) is 0 Å². The maximum absolute atomic E-state index is 6.08. The summed E-state index contributed by atoms with van der Waals surface area (Å²) in [6.07, 6.45) is 3.72. The van der Waals surface area contributed by atoms with Crippen LogP contribution < -0.4 is 5.73 Å². The summed E-state index contributed by atoms with van der Waals surface area (Å²) in [5, 5.41) is 0.694. The second-order valence-electron chi connectivity index (χ2n) is 3.43. The average molecular weight is 254 g/mol. The van der Waals surface area contributed by atoms with E-state index in [9.17, 15) is 0 Å². The number of aryl methyl sites for hydroxylation is 1. The van der Waals surface area contributed by atoms with Crippen LogP contribution in [0.5, 0.6) is 0 Å². The first-order valence-electron chi connectivity index (χ1n) is 4.81. The van der Waals surface area contributed by atoms with Crippen LogP contribution in [-0.4, -0.2) is 9.55 Å². The molecular formula is C11H12ClN3S. The highest BCUT2D eigenvalue weighted by molar-refractivity contribution is 7.98. The number of aromatic nitrogens is 2. The molecule has 3 nitrogen and oxygen atoms in total. The van der Waals surface area contributed by atoms with Crippen LogP contribution in [0, 0.1) is 0 Å². The molecule has 0 spiro atoms. The van der Waals surface area contributed by atoms with Gasteiger partial charge < -0.3 is 10.3 Å². The molecule has 2 rings (SSSR count). The van der Waals surface area contributed by atoms with Crippen molar-refractivity contribution >= 4 is 29.1 Å². The first kappa shape index (κ1) is 11.4. The highest BCUT2D eigenvalue weighted by Crippen LogP contribution is 2.30. The Morgan fingerprint density at radius 3 is 2.94 bits per heavy atom. The molecule has 0 unspecified atom stereocenters. The molecule has 1 aromatic carbocycles. The molecule has 0 aliphatic rings. The lowest BCUT2D eigenvalue weighted by Gasteiger charge is -2.05. The summed E-state index contributed by atoms with van der Waals surface area (Å²) in [6.45, 7) is 0. The summed E-state index contributed by atoms with van der Waals surface area (Å²) in [5.74, 6) is 1.82. The number of nitrogens with zero attached hydrogens (tertiary/aromatic N) is 2. The lowest BCUT2D eigenvalue weighted by Crippen LogP contribution is -1.94. The topological polar surface area (TPSA) is 43.8 Å². The zero-order chi connectivity index (χ0) is 11.5. The quantitative estimate of drug-likeness (QED) is 0.676. The van der Waals surface area contributed by atoms with Gasteiger partial charge >= 0.3 is 0 Å². The highest BCUT2D eigenvalue weighted by Gasteiger charge is 2.04. The molecule has 0 radical (unpaired) electrons. The van der Waals surface area contributed by atoms with E-state index >= 15 is 0 Å². The standard InChI is InChI=1S/C11H12ClN3S/c1-15-5-4-14-11(15)7-16-10-3-2-8(13)6-9(10)12/h2-6H,7,13H2,1H3. The van der Waals surface area contributed by atoms with Gasteiger partial charge in [-0.3, -0.25) is 0 Å². The van der Waals surface area contributed by atoms with E-state index in [0.717, 1.165) is 16.5 Å². The molecule has 0 saturated carbocycles. The van der Waals surface area contributed by atoms with E-state index in [2.05, 4.69) is 4.98 Å². The fourth-order valence-electron chi connectivity index (χ4n) is 1.31. The van der Waals surface area contributed by atoms with E-state index in [0.29, 0.717) is 10.7 Å². The van der Waals surface area contributed by atoms with Gasteiger partial charge in [-0.2, -0.15) is 0 Å². The van der Waals surface area contributed by atoms with E-state index < -0.39 is 0 Å². The first-order valence-corrected chi connectivity index (χ1v) is 6.17. The van der Waals surface area contributed by atoms with E-state index in [1.165, 1.54) is 0 Å². The SMILES string of the molecule is Cn1ccnc1CSc1ccc(N)cc1Cl. The van der Waals surface area contributed by atoms with Crippen LogP contribution in [0.1, 0.15) is 5.82 Å². The van der Waals surface area contributed by atoms with Crippen LogP contribution in [-0.2, 0) is 12.8 Å². The Balaban J connectivity index is 2.08. The second kappa shape index (κ2) is 4.80. The minimum Gasteiger partial charge on any atom is -0.399 e. The Morgan fingerprint density at radius 1 is 1.50 bits per heavy atom. The van der Waals surface area contributed by atoms with Crippen molar-refractivity contribution < 1.29 is 0 Å². The van der Waals surface area contributed by atoms with Gasteiger partial charge in [-0.1, -0.05) is 11.6 Å². The molecule has 0 aliphatic carbocycles. The third-order valence-electron chi connectivity index (χ3n) is 2.23. The number of imidazole rings is 1. The van der Waals surface area contributed by atoms with Crippen LogP contribution in [0.4, 0.5) is 5.69 Å². The van der Waals surface area contributed by atoms with Gasteiger partial charge in [0.15, 0.2) is 0 Å². The molecule has 84 valence electrons. The Hall–Kier alpha value is -1.13. The molecule has 2 N–H and O–H groups in total. The summed E-state index contributed by atoms with van der Waals surface area (Å²) in [6, 6.07) is 5.56. The first-order chi connectivity index (χ1) is 7.66. The van der Waals surface area contributed by atoms with Crippen molar-refractivity contribution in [3.63, 3.8) is 0 Å². The second-order valence-corrected chi connectivity index (χ2v) is 4.86. The molecule has 2 aromatic rings. The van der Waals surface area contributed by atoms with Gasteiger partial charge in [0, 0.05) is 30.0 Å². The Morgan fingerprint density at radius 2 is 2.31 bits per heavy atom. The molecule has 5 heteroatoms. The Bertz CT molecular complexity index is 496. The fraction of sp³-hybridized carbons (Fsp3) is 0.182. The van der Waals surface area contributed by atoms with E-state index in [1.54, 1.807) is 24.0 Å². The minimum atomic E-state index is 0.686. The predicted octanol–water partition coefficient (Wildman–Crippen LogP) is 2.95. The van der Waals surface area contributed by atoms with Crippen LogP contribution >= 0.6 is 23.4 Å². The normalized spacial score (nSPS) is 10.6. The molecule has 0 fully saturated rings. The zero-order valence-electron chi connectivity index (χ0n) is 8.85. The third kappa shape index (κ3) is 2.51. The van der Waals surface area contributed by atoms with Crippen LogP contribution in [0.25, 0.3) is 0 Å². The summed E-state index contributed by atoms with van der Waals surface area (Å²) < 4.78 is 2.00. The maximum Gasteiger partial charge on any atom is 0.118 e. The summed E-state index contributed by atoms with van der Waals surface area (Å²) in [5.41, 5.74) is 6.32. The van der Waals surface area contributed by atoms with Crippen LogP contribution in [0.2, 0.25) is 5.02 Å². The Kier molecular flexibility index (Phi) is 3.41. The van der Waals surface area contributed by atoms with Crippen molar-refractivity contribution in [1.82, 2.24) is 9.55 Å². The van der Waals surface area contributed by atoms with Crippen molar-refractivity contribution in [3.05, 3.63) is 41.4 Å². The number of thioether (sulfide) groups is 1. The smallest absolute Gasteiger partial charge is 0.118 e. The van der Waals surface area contributed by atoms with E-state index in [4.69, 9.17) is 17.3 Å². The highest BCUT2D eigenvalue weighted by atomic mass is 35.5. The van der Waals surface area contributed by atoms with Crippen molar-refractivity contribution in [2.75, 3.05) is 5.73 Å². The molecule has 0 aliphatic heterocycles. The average Bonchev–Trinajstić information content (AvgIpc) is 2.63. The molecule has 16 heavy (non-hydrogen) atoms. The number of hydrogen-bond acceptors (Lipinski definition) is 3. The van der Waals surface area contributed by atoms with Gasteiger partial charge in [-0.05, 0) is 18.2 Å². The summed E-state index contributed by atoms with van der Waals surface area (Å²) >= 11 is 7.74. The Labute approximate surface area is 104 Å². The molecule has 0 saturated heterocycles. The fourth-order valence-corrected chi connectivity index (χ4v) is 2.59.